The number of sulfonamides is 2. The summed E-state index contributed by atoms with van der Waals surface area (Å²) in [5.74, 6) is -1.04. The number of aromatic hydroxyl groups is 1. The van der Waals surface area contributed by atoms with Crippen molar-refractivity contribution in [3.8, 4) is 5.75 Å². The third-order valence-corrected chi connectivity index (χ3v) is 14.1. The smallest absolute Gasteiger partial charge is 0.305 e. The van der Waals surface area contributed by atoms with Crippen LogP contribution in [0.5, 0.6) is 5.75 Å². The van der Waals surface area contributed by atoms with E-state index in [1.165, 1.54) is 49.6 Å². The quantitative estimate of drug-likeness (QED) is 0.0920. The number of rotatable bonds is 13. The highest BCUT2D eigenvalue weighted by molar-refractivity contribution is 7.91. The van der Waals surface area contributed by atoms with Crippen LogP contribution in [0, 0.1) is 5.82 Å². The number of nitrogens with one attached hydrogen (secondary N) is 5. The zero-order valence-electron chi connectivity index (χ0n) is 33.1. The topological polar surface area (TPSA) is 224 Å². The Morgan fingerprint density at radius 3 is 1.98 bits per heavy atom. The number of nitrogens with zero attached hydrogens (tertiary/aromatic N) is 1. The van der Waals surface area contributed by atoms with Gasteiger partial charge in [-0.05, 0) is 92.4 Å². The molecule has 1 saturated carbocycles. The number of aromatic amines is 1. The molecule has 0 atom stereocenters. The Morgan fingerprint density at radius 2 is 1.36 bits per heavy atom. The number of amides is 3. The Hall–Kier alpha value is -5.47. The van der Waals surface area contributed by atoms with Crippen LogP contribution in [0.2, 0.25) is 0 Å². The van der Waals surface area contributed by atoms with Gasteiger partial charge >= 0.3 is 4.87 Å². The fraction of sp³-hybridized carbons (Fsp3) is 0.333. The lowest BCUT2D eigenvalue weighted by Crippen LogP contribution is -2.45. The van der Waals surface area contributed by atoms with Crippen LogP contribution >= 0.6 is 11.3 Å². The van der Waals surface area contributed by atoms with E-state index in [-0.39, 0.29) is 43.3 Å². The van der Waals surface area contributed by atoms with Crippen molar-refractivity contribution in [2.24, 2.45) is 0 Å². The van der Waals surface area contributed by atoms with Gasteiger partial charge in [-0.1, -0.05) is 73.1 Å². The van der Waals surface area contributed by atoms with Crippen molar-refractivity contribution in [3.63, 3.8) is 0 Å². The molecule has 1 fully saturated rings. The maximum Gasteiger partial charge on any atom is 0.305 e. The van der Waals surface area contributed by atoms with Gasteiger partial charge in [0.15, 0.2) is 0 Å². The monoisotopic (exact) mass is 894 g/mol. The summed E-state index contributed by atoms with van der Waals surface area (Å²) >= 11 is 1.12. The summed E-state index contributed by atoms with van der Waals surface area (Å²) in [7, 11) is -7.11. The SMILES string of the molecule is O=C(CCNCCc1cccc(F)c1)N(CCNCCc1ccc(O)c2[nH]c(=O)sc12)C1CCCCC1.O=C1NS(=O)(=O)c2ccccc21.O=C1NS(=O)(=O)c2ccccc21. The minimum atomic E-state index is -3.55. The van der Waals surface area contributed by atoms with Gasteiger partial charge in [-0.2, -0.15) is 0 Å². The van der Waals surface area contributed by atoms with Crippen LogP contribution in [0.15, 0.2) is 99.5 Å². The molecule has 8 rings (SSSR count). The molecule has 3 amide bonds. The molecular formula is C42H47FN6O9S3. The van der Waals surface area contributed by atoms with Gasteiger partial charge in [0, 0.05) is 32.1 Å². The molecule has 0 saturated heterocycles. The van der Waals surface area contributed by atoms with Crippen molar-refractivity contribution in [1.82, 2.24) is 30.0 Å². The molecule has 4 aromatic carbocycles. The maximum absolute atomic E-state index is 13.3. The zero-order valence-corrected chi connectivity index (χ0v) is 35.6. The summed E-state index contributed by atoms with van der Waals surface area (Å²) in [5, 5.41) is 16.8. The van der Waals surface area contributed by atoms with Crippen LogP contribution in [-0.2, 0) is 37.7 Å². The highest BCUT2D eigenvalue weighted by atomic mass is 32.2. The van der Waals surface area contributed by atoms with E-state index >= 15 is 0 Å². The van der Waals surface area contributed by atoms with E-state index in [1.54, 1.807) is 42.5 Å². The number of halogens is 1. The molecule has 5 aromatic rings. The second-order valence-electron chi connectivity index (χ2n) is 14.6. The Kier molecular flexibility index (Phi) is 15.1. The number of H-pyrrole nitrogens is 1. The van der Waals surface area contributed by atoms with Crippen molar-refractivity contribution >= 4 is 59.3 Å². The fourth-order valence-electron chi connectivity index (χ4n) is 7.35. The number of phenolic OH excluding ortho intramolecular Hbond substituents is 1. The van der Waals surface area contributed by atoms with Gasteiger partial charge in [0.25, 0.3) is 31.9 Å². The number of hydrogen-bond acceptors (Lipinski definition) is 12. The Morgan fingerprint density at radius 1 is 0.754 bits per heavy atom. The van der Waals surface area contributed by atoms with Crippen LogP contribution in [0.1, 0.15) is 70.4 Å². The summed E-state index contributed by atoms with van der Waals surface area (Å²) in [6, 6.07) is 22.6. The molecule has 1 aromatic heterocycles. The Bertz CT molecular complexity index is 2580. The number of benzene rings is 4. The minimum absolute atomic E-state index is 0.0648. The first-order valence-corrected chi connectivity index (χ1v) is 23.6. The molecule has 15 nitrogen and oxygen atoms in total. The van der Waals surface area contributed by atoms with Gasteiger partial charge in [0.1, 0.15) is 26.9 Å². The maximum atomic E-state index is 13.3. The molecule has 6 N–H and O–H groups in total. The first kappa shape index (κ1) is 45.1. The summed E-state index contributed by atoms with van der Waals surface area (Å²) in [4.78, 5) is 51.6. The van der Waals surface area contributed by atoms with Crippen molar-refractivity contribution in [3.05, 3.63) is 123 Å². The number of carbonyl (C=O) groups is 3. The summed E-state index contributed by atoms with van der Waals surface area (Å²) < 4.78 is 62.4. The predicted octanol–water partition coefficient (Wildman–Crippen LogP) is 4.19. The van der Waals surface area contributed by atoms with Gasteiger partial charge in [0.05, 0.1) is 15.8 Å². The molecule has 0 radical (unpaired) electrons. The summed E-state index contributed by atoms with van der Waals surface area (Å²) in [5.41, 5.74) is 2.92. The van der Waals surface area contributed by atoms with E-state index in [4.69, 9.17) is 0 Å². The number of phenols is 1. The van der Waals surface area contributed by atoms with Crippen LogP contribution in [0.4, 0.5) is 4.39 Å². The van der Waals surface area contributed by atoms with Crippen molar-refractivity contribution in [2.45, 2.75) is 67.2 Å². The van der Waals surface area contributed by atoms with Gasteiger partial charge < -0.3 is 25.6 Å². The minimum Gasteiger partial charge on any atom is -0.506 e. The molecule has 2 aliphatic heterocycles. The Labute approximate surface area is 356 Å². The van der Waals surface area contributed by atoms with Gasteiger partial charge in [-0.3, -0.25) is 19.2 Å². The average molecular weight is 895 g/mol. The second-order valence-corrected chi connectivity index (χ2v) is 18.9. The molecule has 19 heteroatoms. The predicted molar refractivity (Wildman–Crippen MR) is 229 cm³/mol. The zero-order chi connectivity index (χ0) is 43.6. The molecule has 324 valence electrons. The van der Waals surface area contributed by atoms with Crippen LogP contribution in [0.3, 0.4) is 0 Å². The van der Waals surface area contributed by atoms with E-state index in [9.17, 15) is 45.5 Å². The third kappa shape index (κ3) is 11.7. The number of carbonyl (C=O) groups excluding carboxylic acids is 3. The molecule has 0 bridgehead atoms. The van der Waals surface area contributed by atoms with Crippen LogP contribution < -0.4 is 25.0 Å². The number of fused-ring (bicyclic) bond motifs is 3. The van der Waals surface area contributed by atoms with Gasteiger partial charge in [-0.15, -0.1) is 0 Å². The lowest BCUT2D eigenvalue weighted by molar-refractivity contribution is -0.134. The van der Waals surface area contributed by atoms with Crippen molar-refractivity contribution < 1.29 is 40.7 Å². The van der Waals surface area contributed by atoms with E-state index < -0.39 is 31.9 Å². The number of thiazole rings is 1. The van der Waals surface area contributed by atoms with Crippen LogP contribution in [-0.4, -0.2) is 88.3 Å². The molecular weight excluding hydrogens is 848 g/mol. The molecule has 1 aliphatic carbocycles. The molecule has 3 heterocycles. The third-order valence-electron chi connectivity index (χ3n) is 10.4. The van der Waals surface area contributed by atoms with Gasteiger partial charge in [0.2, 0.25) is 5.91 Å². The largest absolute Gasteiger partial charge is 0.506 e. The lowest BCUT2D eigenvalue weighted by atomic mass is 9.94. The molecule has 0 unspecified atom stereocenters. The summed E-state index contributed by atoms with van der Waals surface area (Å²) in [6.45, 7) is 3.43. The average Bonchev–Trinajstić information content (AvgIpc) is 3.84. The molecule has 61 heavy (non-hydrogen) atoms. The van der Waals surface area contributed by atoms with E-state index in [0.29, 0.717) is 44.2 Å². The van der Waals surface area contributed by atoms with E-state index in [0.717, 1.165) is 59.4 Å². The second kappa shape index (κ2) is 20.4. The molecule has 3 aliphatic rings. The highest BCUT2D eigenvalue weighted by Gasteiger charge is 2.32. The fourth-order valence-corrected chi connectivity index (χ4v) is 10.6. The summed E-state index contributed by atoms with van der Waals surface area (Å²) in [6.07, 6.45) is 7.64. The van der Waals surface area contributed by atoms with E-state index in [1.807, 2.05) is 21.6 Å². The highest BCUT2D eigenvalue weighted by Crippen LogP contribution is 2.28. The molecule has 0 spiro atoms. The standard InChI is InChI=1S/C28H37FN4O3S.2C7H5NO3S/c29-22-6-4-5-20(19-22)11-14-30-16-13-25(35)33(23-7-2-1-3-8-23)18-17-31-15-12-21-9-10-24(34)26-27(21)37-28(36)32-26;2*9-7-5-3-1-2-4-6(5)12(10,11)8-7/h4-6,9-10,19,23,30-31,34H,1-3,7-8,11-18H2,(H,32,36);2*1-4H,(H,8,9). The van der Waals surface area contributed by atoms with E-state index in [2.05, 4.69) is 20.5 Å². The van der Waals surface area contributed by atoms with Crippen molar-refractivity contribution in [1.29, 1.82) is 0 Å². The first-order valence-electron chi connectivity index (χ1n) is 19.8. The lowest BCUT2D eigenvalue weighted by Gasteiger charge is -2.34. The van der Waals surface area contributed by atoms with Crippen molar-refractivity contribution in [2.75, 3.05) is 32.7 Å². The normalized spacial score (nSPS) is 16.0. The first-order chi connectivity index (χ1) is 29.2. The van der Waals surface area contributed by atoms with Gasteiger partial charge in [-0.25, -0.2) is 30.7 Å². The Balaban J connectivity index is 0.000000207. The number of hydrogen-bond donors (Lipinski definition) is 6. The number of aromatic nitrogens is 1. The van der Waals surface area contributed by atoms with Crippen LogP contribution in [0.25, 0.3) is 10.2 Å².